The molecule has 2 aromatic rings. The molecule has 0 radical (unpaired) electrons. The van der Waals surface area contributed by atoms with Gasteiger partial charge in [-0.3, -0.25) is 0 Å². The van der Waals surface area contributed by atoms with E-state index in [1.54, 1.807) is 30.3 Å². The van der Waals surface area contributed by atoms with Gasteiger partial charge >= 0.3 is 0 Å². The number of rotatable bonds is 3. The molecule has 0 saturated heterocycles. The number of ether oxygens (including phenoxy) is 1. The number of hydrogen-bond donors (Lipinski definition) is 1. The van der Waals surface area contributed by atoms with Crippen molar-refractivity contribution in [1.82, 2.24) is 0 Å². The summed E-state index contributed by atoms with van der Waals surface area (Å²) < 4.78 is 19.2. The molecule has 4 heteroatoms. The minimum absolute atomic E-state index is 0.289. The summed E-state index contributed by atoms with van der Waals surface area (Å²) in [4.78, 5) is 0. The number of benzene rings is 2. The van der Waals surface area contributed by atoms with Crippen LogP contribution in [0.2, 0.25) is 0 Å². The highest BCUT2D eigenvalue weighted by Gasteiger charge is 2.05. The van der Waals surface area contributed by atoms with Gasteiger partial charge in [0.15, 0.2) is 0 Å². The van der Waals surface area contributed by atoms with Crippen LogP contribution in [-0.4, -0.2) is 0 Å². The van der Waals surface area contributed by atoms with Gasteiger partial charge in [-0.2, -0.15) is 0 Å². The van der Waals surface area contributed by atoms with Gasteiger partial charge in [0.1, 0.15) is 18.2 Å². The van der Waals surface area contributed by atoms with E-state index in [4.69, 9.17) is 10.5 Å². The third kappa shape index (κ3) is 2.97. The highest BCUT2D eigenvalue weighted by atomic mass is 79.9. The molecular formula is C13H11BrFNO. The Balaban J connectivity index is 2.07. The van der Waals surface area contributed by atoms with E-state index in [1.807, 2.05) is 6.07 Å². The van der Waals surface area contributed by atoms with Gasteiger partial charge in [-0.25, -0.2) is 4.39 Å². The highest BCUT2D eigenvalue weighted by Crippen LogP contribution is 2.22. The molecule has 0 bridgehead atoms. The van der Waals surface area contributed by atoms with E-state index in [0.29, 0.717) is 22.5 Å². The van der Waals surface area contributed by atoms with E-state index in [0.717, 1.165) is 5.56 Å². The Hall–Kier alpha value is -1.55. The van der Waals surface area contributed by atoms with Crippen molar-refractivity contribution in [2.24, 2.45) is 0 Å². The van der Waals surface area contributed by atoms with Crippen molar-refractivity contribution in [3.05, 3.63) is 58.3 Å². The monoisotopic (exact) mass is 295 g/mol. The number of nitrogen functional groups attached to an aromatic ring is 1. The smallest absolute Gasteiger partial charge is 0.137 e. The van der Waals surface area contributed by atoms with Crippen LogP contribution in [0.4, 0.5) is 10.1 Å². The largest absolute Gasteiger partial charge is 0.489 e. The van der Waals surface area contributed by atoms with Crippen LogP contribution in [0.3, 0.4) is 0 Å². The molecule has 17 heavy (non-hydrogen) atoms. The molecule has 0 aliphatic rings. The van der Waals surface area contributed by atoms with E-state index in [1.165, 1.54) is 6.07 Å². The lowest BCUT2D eigenvalue weighted by molar-refractivity contribution is 0.304. The molecule has 2 rings (SSSR count). The van der Waals surface area contributed by atoms with E-state index in [-0.39, 0.29) is 5.82 Å². The van der Waals surface area contributed by atoms with Gasteiger partial charge in [0.2, 0.25) is 0 Å². The maximum absolute atomic E-state index is 13.2. The Morgan fingerprint density at radius 3 is 2.53 bits per heavy atom. The third-order valence-corrected chi connectivity index (χ3v) is 3.19. The predicted octanol–water partition coefficient (Wildman–Crippen LogP) is 3.75. The van der Waals surface area contributed by atoms with E-state index >= 15 is 0 Å². The van der Waals surface area contributed by atoms with Crippen molar-refractivity contribution in [2.45, 2.75) is 6.61 Å². The van der Waals surface area contributed by atoms with Gasteiger partial charge in [-0.15, -0.1) is 0 Å². The normalized spacial score (nSPS) is 10.2. The topological polar surface area (TPSA) is 35.2 Å². The quantitative estimate of drug-likeness (QED) is 0.875. The van der Waals surface area contributed by atoms with Crippen LogP contribution >= 0.6 is 15.9 Å². The summed E-state index contributed by atoms with van der Waals surface area (Å²) >= 11 is 3.19. The molecule has 0 aliphatic carbocycles. The molecular weight excluding hydrogens is 285 g/mol. The molecule has 0 atom stereocenters. The molecule has 0 spiro atoms. The van der Waals surface area contributed by atoms with Gasteiger partial charge in [0.25, 0.3) is 0 Å². The molecule has 0 fully saturated rings. The van der Waals surface area contributed by atoms with Gasteiger partial charge in [-0.1, -0.05) is 12.1 Å². The molecule has 0 unspecified atom stereocenters. The lowest BCUT2D eigenvalue weighted by atomic mass is 10.2. The zero-order valence-electron chi connectivity index (χ0n) is 8.99. The molecule has 0 heterocycles. The summed E-state index contributed by atoms with van der Waals surface area (Å²) in [5.74, 6) is 0.416. The van der Waals surface area contributed by atoms with E-state index in [9.17, 15) is 4.39 Å². The summed E-state index contributed by atoms with van der Waals surface area (Å²) in [6, 6.07) is 11.9. The second-order valence-electron chi connectivity index (χ2n) is 3.57. The predicted molar refractivity (Wildman–Crippen MR) is 69.3 cm³/mol. The lowest BCUT2D eigenvalue weighted by Gasteiger charge is -2.08. The van der Waals surface area contributed by atoms with E-state index < -0.39 is 0 Å². The molecule has 2 nitrogen and oxygen atoms in total. The van der Waals surface area contributed by atoms with Crippen LogP contribution in [0.1, 0.15) is 5.56 Å². The van der Waals surface area contributed by atoms with Crippen LogP contribution in [0.25, 0.3) is 0 Å². The van der Waals surface area contributed by atoms with Gasteiger partial charge < -0.3 is 10.5 Å². The van der Waals surface area contributed by atoms with Gasteiger partial charge in [0.05, 0.1) is 4.47 Å². The average molecular weight is 296 g/mol. The number of anilines is 1. The zero-order valence-corrected chi connectivity index (χ0v) is 10.6. The Kier molecular flexibility index (Phi) is 3.64. The second-order valence-corrected chi connectivity index (χ2v) is 4.36. The van der Waals surface area contributed by atoms with Crippen molar-refractivity contribution in [3.8, 4) is 5.75 Å². The molecule has 0 saturated carbocycles. The van der Waals surface area contributed by atoms with Crippen molar-refractivity contribution < 1.29 is 9.13 Å². The third-order valence-electron chi connectivity index (χ3n) is 2.31. The summed E-state index contributed by atoms with van der Waals surface area (Å²) in [6.45, 7) is 0.308. The van der Waals surface area contributed by atoms with Crippen molar-refractivity contribution in [1.29, 1.82) is 0 Å². The average Bonchev–Trinajstić information content (AvgIpc) is 2.33. The van der Waals surface area contributed by atoms with Crippen LogP contribution < -0.4 is 10.5 Å². The summed E-state index contributed by atoms with van der Waals surface area (Å²) in [7, 11) is 0. The minimum Gasteiger partial charge on any atom is -0.489 e. The minimum atomic E-state index is -0.289. The Labute approximate surface area is 107 Å². The van der Waals surface area contributed by atoms with E-state index in [2.05, 4.69) is 15.9 Å². The highest BCUT2D eigenvalue weighted by molar-refractivity contribution is 9.10. The molecule has 0 aromatic heterocycles. The van der Waals surface area contributed by atoms with Crippen LogP contribution in [-0.2, 0) is 6.61 Å². The van der Waals surface area contributed by atoms with Crippen molar-refractivity contribution in [3.63, 3.8) is 0 Å². The van der Waals surface area contributed by atoms with Gasteiger partial charge in [0, 0.05) is 11.3 Å². The summed E-state index contributed by atoms with van der Waals surface area (Å²) in [6.07, 6.45) is 0. The van der Waals surface area contributed by atoms with Crippen LogP contribution in [0, 0.1) is 5.82 Å². The molecule has 0 amide bonds. The Bertz CT molecular complexity index is 513. The number of nitrogens with two attached hydrogens (primary N) is 1. The summed E-state index contributed by atoms with van der Waals surface area (Å²) in [5, 5.41) is 0. The van der Waals surface area contributed by atoms with Crippen LogP contribution in [0.15, 0.2) is 46.9 Å². The fourth-order valence-corrected chi connectivity index (χ4v) is 1.76. The fourth-order valence-electron chi connectivity index (χ4n) is 1.39. The maximum atomic E-state index is 13.2. The SMILES string of the molecule is Nc1ccc(OCc2cccc(F)c2Br)cc1. The van der Waals surface area contributed by atoms with Crippen LogP contribution in [0.5, 0.6) is 5.75 Å². The molecule has 2 aromatic carbocycles. The second kappa shape index (κ2) is 5.19. The molecule has 88 valence electrons. The number of halogens is 2. The maximum Gasteiger partial charge on any atom is 0.137 e. The first kappa shape index (κ1) is 11.9. The number of hydrogen-bond acceptors (Lipinski definition) is 2. The first-order valence-corrected chi connectivity index (χ1v) is 5.87. The summed E-state index contributed by atoms with van der Waals surface area (Å²) in [5.41, 5.74) is 7.02. The van der Waals surface area contributed by atoms with Gasteiger partial charge in [-0.05, 0) is 46.3 Å². The molecule has 0 aliphatic heterocycles. The standard InChI is InChI=1S/C13H11BrFNO/c14-13-9(2-1-3-12(13)15)8-17-11-6-4-10(16)5-7-11/h1-7H,8,16H2. The first-order valence-electron chi connectivity index (χ1n) is 5.08. The zero-order chi connectivity index (χ0) is 12.3. The first-order chi connectivity index (χ1) is 8.16. The lowest BCUT2D eigenvalue weighted by Crippen LogP contribution is -1.97. The Morgan fingerprint density at radius 2 is 1.82 bits per heavy atom. The van der Waals surface area contributed by atoms with Crippen molar-refractivity contribution in [2.75, 3.05) is 5.73 Å². The van der Waals surface area contributed by atoms with Crippen molar-refractivity contribution >= 4 is 21.6 Å². The Morgan fingerprint density at radius 1 is 1.12 bits per heavy atom. The molecule has 2 N–H and O–H groups in total. The fraction of sp³-hybridized carbons (Fsp3) is 0.0769.